The largest absolute Gasteiger partial charge is 0.459 e. The summed E-state index contributed by atoms with van der Waals surface area (Å²) in [6.07, 6.45) is 8.61. The van der Waals surface area contributed by atoms with Gasteiger partial charge in [-0.3, -0.25) is 9.59 Å². The summed E-state index contributed by atoms with van der Waals surface area (Å²) in [4.78, 5) is 25.2. The Morgan fingerprint density at radius 3 is 2.87 bits per heavy atom. The van der Waals surface area contributed by atoms with Crippen LogP contribution in [-0.2, 0) is 14.3 Å². The summed E-state index contributed by atoms with van der Waals surface area (Å²) in [5.74, 6) is -0.165. The Labute approximate surface area is 137 Å². The van der Waals surface area contributed by atoms with Crippen LogP contribution in [-0.4, -0.2) is 30.4 Å². The van der Waals surface area contributed by atoms with Gasteiger partial charge in [-0.1, -0.05) is 24.6 Å². The number of carbonyl (C=O) groups is 2. The predicted molar refractivity (Wildman–Crippen MR) is 88.8 cm³/mol. The Hall–Kier alpha value is -1.68. The van der Waals surface area contributed by atoms with E-state index < -0.39 is 11.5 Å². The minimum Gasteiger partial charge on any atom is -0.459 e. The number of esters is 1. The van der Waals surface area contributed by atoms with Crippen molar-refractivity contribution in [1.82, 2.24) is 5.32 Å². The van der Waals surface area contributed by atoms with Crippen LogP contribution >= 0.6 is 0 Å². The molecule has 124 valence electrons. The van der Waals surface area contributed by atoms with Crippen LogP contribution < -0.4 is 5.32 Å². The Morgan fingerprint density at radius 2 is 2.22 bits per heavy atom. The molecule has 1 fully saturated rings. The quantitative estimate of drug-likeness (QED) is 0.814. The van der Waals surface area contributed by atoms with Gasteiger partial charge < -0.3 is 10.1 Å². The van der Waals surface area contributed by atoms with Crippen LogP contribution in [0.25, 0.3) is 0 Å². The van der Waals surface area contributed by atoms with Gasteiger partial charge in [-0.2, -0.15) is 0 Å². The van der Waals surface area contributed by atoms with E-state index >= 15 is 0 Å². The third-order valence-corrected chi connectivity index (χ3v) is 5.39. The van der Waals surface area contributed by atoms with E-state index in [-0.39, 0.29) is 17.8 Å². The van der Waals surface area contributed by atoms with Gasteiger partial charge in [0.25, 0.3) is 0 Å². The first kappa shape index (κ1) is 16.2. The van der Waals surface area contributed by atoms with E-state index in [1.807, 2.05) is 19.9 Å². The fourth-order valence-corrected chi connectivity index (χ4v) is 3.81. The Kier molecular flexibility index (Phi) is 4.28. The van der Waals surface area contributed by atoms with Gasteiger partial charge in [0, 0.05) is 6.42 Å². The molecule has 4 heteroatoms. The second kappa shape index (κ2) is 6.08. The molecule has 0 unspecified atom stereocenters. The highest BCUT2D eigenvalue weighted by Gasteiger charge is 2.50. The molecule has 0 radical (unpaired) electrons. The number of allylic oxidation sites excluding steroid dienone is 4. The summed E-state index contributed by atoms with van der Waals surface area (Å²) in [6.45, 7) is 6.85. The molecule has 0 spiro atoms. The molecule has 3 rings (SSSR count). The zero-order valence-corrected chi connectivity index (χ0v) is 14.1. The van der Waals surface area contributed by atoms with Crippen molar-refractivity contribution < 1.29 is 14.3 Å². The average molecular weight is 315 g/mol. The minimum absolute atomic E-state index is 0.0564. The van der Waals surface area contributed by atoms with Crippen molar-refractivity contribution in [3.63, 3.8) is 0 Å². The van der Waals surface area contributed by atoms with Crippen LogP contribution in [0.3, 0.4) is 0 Å². The SMILES string of the molecule is CCC1=CC(=O)[C@]2(C)C1=CC=C(C)C[C@@H]2OC(=O)[C@@H]1CCCN1. The van der Waals surface area contributed by atoms with E-state index in [0.717, 1.165) is 42.5 Å². The van der Waals surface area contributed by atoms with E-state index in [1.165, 1.54) is 0 Å². The summed E-state index contributed by atoms with van der Waals surface area (Å²) in [5, 5.41) is 3.17. The molecule has 1 aliphatic heterocycles. The molecule has 3 atom stereocenters. The van der Waals surface area contributed by atoms with Gasteiger partial charge in [0.15, 0.2) is 5.78 Å². The fourth-order valence-electron chi connectivity index (χ4n) is 3.81. The standard InChI is InChI=1S/C19H25NO3/c1-4-13-11-16(21)19(3)14(13)8-7-12(2)10-17(19)23-18(22)15-6-5-9-20-15/h7-8,11,15,17,20H,4-6,9-10H2,1-3H3/t15-,17-,19-/m0/s1. The summed E-state index contributed by atoms with van der Waals surface area (Å²) < 4.78 is 5.87. The lowest BCUT2D eigenvalue weighted by molar-refractivity contribution is -0.157. The molecule has 4 nitrogen and oxygen atoms in total. The van der Waals surface area contributed by atoms with Gasteiger partial charge in [-0.15, -0.1) is 0 Å². The van der Waals surface area contributed by atoms with E-state index in [1.54, 1.807) is 6.08 Å². The summed E-state index contributed by atoms with van der Waals surface area (Å²) in [7, 11) is 0. The van der Waals surface area contributed by atoms with Crippen LogP contribution in [0.1, 0.15) is 46.5 Å². The molecule has 2 aliphatic carbocycles. The smallest absolute Gasteiger partial charge is 0.323 e. The summed E-state index contributed by atoms with van der Waals surface area (Å²) >= 11 is 0. The van der Waals surface area contributed by atoms with Gasteiger partial charge in [0.05, 0.1) is 5.41 Å². The van der Waals surface area contributed by atoms with Crippen LogP contribution in [0.2, 0.25) is 0 Å². The number of hydrogen-bond donors (Lipinski definition) is 1. The summed E-state index contributed by atoms with van der Waals surface area (Å²) in [6, 6.07) is -0.228. The Balaban J connectivity index is 1.90. The lowest BCUT2D eigenvalue weighted by Crippen LogP contribution is -2.44. The van der Waals surface area contributed by atoms with Gasteiger partial charge >= 0.3 is 5.97 Å². The topological polar surface area (TPSA) is 55.4 Å². The molecule has 1 saturated heterocycles. The molecule has 23 heavy (non-hydrogen) atoms. The van der Waals surface area contributed by atoms with E-state index in [4.69, 9.17) is 4.74 Å². The van der Waals surface area contributed by atoms with Crippen LogP contribution in [0.4, 0.5) is 0 Å². The number of fused-ring (bicyclic) bond motifs is 1. The molecular weight excluding hydrogens is 290 g/mol. The second-order valence-corrected chi connectivity index (χ2v) is 6.96. The predicted octanol–water partition coefficient (Wildman–Crippen LogP) is 2.85. The van der Waals surface area contributed by atoms with Gasteiger partial charge in [0.1, 0.15) is 12.1 Å². The fraction of sp³-hybridized carbons (Fsp3) is 0.579. The van der Waals surface area contributed by atoms with Crippen molar-refractivity contribution in [3.05, 3.63) is 34.9 Å². The molecule has 0 amide bonds. The minimum atomic E-state index is -0.756. The lowest BCUT2D eigenvalue weighted by Gasteiger charge is -2.34. The Bertz CT molecular complexity index is 623. The zero-order chi connectivity index (χ0) is 16.6. The number of carbonyl (C=O) groups excluding carboxylic acids is 2. The molecular formula is C19H25NO3. The van der Waals surface area contributed by atoms with Crippen LogP contribution in [0, 0.1) is 5.41 Å². The maximum absolute atomic E-state index is 12.7. The van der Waals surface area contributed by atoms with Crippen LogP contribution in [0.5, 0.6) is 0 Å². The molecule has 1 heterocycles. The van der Waals surface area contributed by atoms with Crippen molar-refractivity contribution in [2.24, 2.45) is 5.41 Å². The molecule has 0 aromatic carbocycles. The monoisotopic (exact) mass is 315 g/mol. The van der Waals surface area contributed by atoms with Crippen molar-refractivity contribution in [2.45, 2.75) is 58.6 Å². The normalized spacial score (nSPS) is 33.5. The highest BCUT2D eigenvalue weighted by atomic mass is 16.5. The van der Waals surface area contributed by atoms with Gasteiger partial charge in [-0.05, 0) is 56.9 Å². The van der Waals surface area contributed by atoms with Crippen molar-refractivity contribution in [3.8, 4) is 0 Å². The molecule has 0 aromatic heterocycles. The summed E-state index contributed by atoms with van der Waals surface area (Å²) in [5.41, 5.74) is 2.45. The number of ether oxygens (including phenoxy) is 1. The van der Waals surface area contributed by atoms with Gasteiger partial charge in [-0.25, -0.2) is 0 Å². The zero-order valence-electron chi connectivity index (χ0n) is 14.1. The van der Waals surface area contributed by atoms with Gasteiger partial charge in [0.2, 0.25) is 0 Å². The second-order valence-electron chi connectivity index (χ2n) is 6.96. The van der Waals surface area contributed by atoms with Crippen molar-refractivity contribution in [1.29, 1.82) is 0 Å². The van der Waals surface area contributed by atoms with Crippen LogP contribution in [0.15, 0.2) is 34.9 Å². The number of rotatable bonds is 3. The van der Waals surface area contributed by atoms with E-state index in [2.05, 4.69) is 18.3 Å². The lowest BCUT2D eigenvalue weighted by atomic mass is 9.74. The third-order valence-electron chi connectivity index (χ3n) is 5.39. The highest BCUT2D eigenvalue weighted by Crippen LogP contribution is 2.47. The van der Waals surface area contributed by atoms with Crippen molar-refractivity contribution in [2.75, 3.05) is 6.54 Å². The first-order chi connectivity index (χ1) is 11.0. The molecule has 1 N–H and O–H groups in total. The van der Waals surface area contributed by atoms with Crippen molar-refractivity contribution >= 4 is 11.8 Å². The van der Waals surface area contributed by atoms with E-state index in [9.17, 15) is 9.59 Å². The molecule has 0 saturated carbocycles. The third kappa shape index (κ3) is 2.69. The van der Waals surface area contributed by atoms with E-state index in [0.29, 0.717) is 6.42 Å². The average Bonchev–Trinajstić information content (AvgIpc) is 3.10. The number of nitrogens with one attached hydrogen (secondary N) is 1. The number of ketones is 1. The maximum atomic E-state index is 12.7. The Morgan fingerprint density at radius 1 is 1.43 bits per heavy atom. The first-order valence-electron chi connectivity index (χ1n) is 8.54. The molecule has 0 bridgehead atoms. The number of hydrogen-bond acceptors (Lipinski definition) is 4. The molecule has 0 aromatic rings. The maximum Gasteiger partial charge on any atom is 0.323 e. The highest BCUT2D eigenvalue weighted by molar-refractivity contribution is 6.03. The molecule has 3 aliphatic rings. The first-order valence-corrected chi connectivity index (χ1v) is 8.54.